The summed E-state index contributed by atoms with van der Waals surface area (Å²) in [6, 6.07) is 2.17. The van der Waals surface area contributed by atoms with Crippen molar-refractivity contribution in [3.63, 3.8) is 0 Å². The number of thioether (sulfide) groups is 1. The van der Waals surface area contributed by atoms with Gasteiger partial charge in [-0.15, -0.1) is 10.2 Å². The van der Waals surface area contributed by atoms with Crippen molar-refractivity contribution in [2.24, 2.45) is 7.05 Å². The van der Waals surface area contributed by atoms with Crippen LogP contribution in [0, 0.1) is 11.3 Å². The van der Waals surface area contributed by atoms with E-state index in [1.54, 1.807) is 18.1 Å². The molecule has 0 radical (unpaired) electrons. The van der Waals surface area contributed by atoms with Crippen LogP contribution >= 0.6 is 11.8 Å². The highest BCUT2D eigenvalue weighted by molar-refractivity contribution is 7.99. The molecule has 1 heterocycles. The van der Waals surface area contributed by atoms with Gasteiger partial charge in [-0.1, -0.05) is 18.7 Å². The van der Waals surface area contributed by atoms with Crippen LogP contribution in [0.15, 0.2) is 11.5 Å². The summed E-state index contributed by atoms with van der Waals surface area (Å²) < 4.78 is 1.87. The van der Waals surface area contributed by atoms with Crippen LogP contribution in [0.4, 0.5) is 0 Å². The van der Waals surface area contributed by atoms with Crippen molar-refractivity contribution >= 4 is 11.8 Å². The second-order valence-electron chi connectivity index (χ2n) is 3.10. The first-order valence-corrected chi connectivity index (χ1v) is 5.86. The average Bonchev–Trinajstić information content (AvgIpc) is 2.63. The van der Waals surface area contributed by atoms with Crippen LogP contribution in [-0.4, -0.2) is 33.1 Å². The average molecular weight is 225 g/mol. The van der Waals surface area contributed by atoms with Crippen molar-refractivity contribution in [1.82, 2.24) is 20.1 Å². The predicted octanol–water partition coefficient (Wildman–Crippen LogP) is 0.799. The monoisotopic (exact) mass is 225 g/mol. The van der Waals surface area contributed by atoms with E-state index in [4.69, 9.17) is 5.26 Å². The van der Waals surface area contributed by atoms with Crippen molar-refractivity contribution in [3.05, 3.63) is 6.33 Å². The number of rotatable bonds is 6. The molecule has 6 heteroatoms. The predicted molar refractivity (Wildman–Crippen MR) is 59.4 cm³/mol. The molecule has 1 atom stereocenters. The molecular formula is C9H15N5S. The summed E-state index contributed by atoms with van der Waals surface area (Å²) in [5, 5.41) is 20.6. The van der Waals surface area contributed by atoms with Crippen LogP contribution < -0.4 is 5.32 Å². The highest BCUT2D eigenvalue weighted by Gasteiger charge is 2.06. The van der Waals surface area contributed by atoms with Gasteiger partial charge in [-0.05, 0) is 13.0 Å². The highest BCUT2D eigenvalue weighted by atomic mass is 32.2. The highest BCUT2D eigenvalue weighted by Crippen LogP contribution is 2.14. The van der Waals surface area contributed by atoms with Gasteiger partial charge in [0.15, 0.2) is 5.16 Å². The lowest BCUT2D eigenvalue weighted by atomic mass is 10.2. The zero-order chi connectivity index (χ0) is 11.1. The normalized spacial score (nSPS) is 12.3. The topological polar surface area (TPSA) is 66.5 Å². The minimum Gasteiger partial charge on any atom is -0.312 e. The smallest absolute Gasteiger partial charge is 0.190 e. The molecule has 0 aromatic carbocycles. The first-order valence-electron chi connectivity index (χ1n) is 4.87. The van der Waals surface area contributed by atoms with E-state index < -0.39 is 0 Å². The number of hydrogen-bond donors (Lipinski definition) is 1. The summed E-state index contributed by atoms with van der Waals surface area (Å²) in [7, 11) is 1.91. The van der Waals surface area contributed by atoms with Crippen LogP contribution in [0.1, 0.15) is 13.3 Å². The molecule has 0 saturated heterocycles. The molecule has 1 unspecified atom stereocenters. The van der Waals surface area contributed by atoms with Crippen LogP contribution in [0.25, 0.3) is 0 Å². The van der Waals surface area contributed by atoms with E-state index in [0.717, 1.165) is 23.9 Å². The van der Waals surface area contributed by atoms with Crippen molar-refractivity contribution < 1.29 is 0 Å². The van der Waals surface area contributed by atoms with E-state index in [-0.39, 0.29) is 6.04 Å². The first-order chi connectivity index (χ1) is 7.27. The number of aryl methyl sites for hydroxylation is 1. The fourth-order valence-corrected chi connectivity index (χ4v) is 2.02. The van der Waals surface area contributed by atoms with Gasteiger partial charge >= 0.3 is 0 Å². The van der Waals surface area contributed by atoms with E-state index in [2.05, 4.69) is 21.6 Å². The third-order valence-electron chi connectivity index (χ3n) is 1.91. The molecule has 1 aromatic rings. The molecule has 1 aromatic heterocycles. The molecular weight excluding hydrogens is 210 g/mol. The minimum absolute atomic E-state index is 0.0595. The summed E-state index contributed by atoms with van der Waals surface area (Å²) in [6.45, 7) is 2.83. The Kier molecular flexibility index (Phi) is 5.15. The molecule has 0 aliphatic rings. The Balaban J connectivity index is 2.27. The molecule has 0 spiro atoms. The zero-order valence-electron chi connectivity index (χ0n) is 8.97. The summed E-state index contributed by atoms with van der Waals surface area (Å²) in [4.78, 5) is 0. The largest absolute Gasteiger partial charge is 0.312 e. The van der Waals surface area contributed by atoms with Gasteiger partial charge in [0.25, 0.3) is 0 Å². The number of nitrogens with one attached hydrogen (secondary N) is 1. The maximum atomic E-state index is 8.81. The molecule has 15 heavy (non-hydrogen) atoms. The Morgan fingerprint density at radius 3 is 3.07 bits per heavy atom. The summed E-state index contributed by atoms with van der Waals surface area (Å²) in [6.07, 6.45) is 2.50. The molecule has 0 aliphatic carbocycles. The lowest BCUT2D eigenvalue weighted by molar-refractivity contribution is 0.612. The lowest BCUT2D eigenvalue weighted by Crippen LogP contribution is -2.27. The van der Waals surface area contributed by atoms with Crippen LogP contribution in [-0.2, 0) is 7.05 Å². The van der Waals surface area contributed by atoms with Gasteiger partial charge in [-0.25, -0.2) is 0 Å². The van der Waals surface area contributed by atoms with Gasteiger partial charge in [0.1, 0.15) is 6.33 Å². The Hall–Kier alpha value is -1.06. The van der Waals surface area contributed by atoms with Gasteiger partial charge in [0, 0.05) is 12.8 Å². The number of nitriles is 1. The second kappa shape index (κ2) is 6.43. The van der Waals surface area contributed by atoms with E-state index in [9.17, 15) is 0 Å². The molecule has 1 N–H and O–H groups in total. The Morgan fingerprint density at radius 1 is 1.73 bits per heavy atom. The molecule has 0 fully saturated rings. The quantitative estimate of drug-likeness (QED) is 0.725. The number of aromatic nitrogens is 3. The lowest BCUT2D eigenvalue weighted by Gasteiger charge is -2.08. The third kappa shape index (κ3) is 3.90. The van der Waals surface area contributed by atoms with E-state index in [1.807, 2.05) is 18.5 Å². The van der Waals surface area contributed by atoms with Crippen LogP contribution in [0.5, 0.6) is 0 Å². The van der Waals surface area contributed by atoms with Gasteiger partial charge in [-0.2, -0.15) is 5.26 Å². The van der Waals surface area contributed by atoms with Crippen molar-refractivity contribution in [2.45, 2.75) is 24.5 Å². The molecule has 0 bridgehead atoms. The van der Waals surface area contributed by atoms with Crippen molar-refractivity contribution in [2.75, 3.05) is 12.3 Å². The molecule has 0 aliphatic heterocycles. The third-order valence-corrected chi connectivity index (χ3v) is 2.98. The van der Waals surface area contributed by atoms with Crippen molar-refractivity contribution in [1.29, 1.82) is 5.26 Å². The first kappa shape index (κ1) is 12.0. The number of hydrogen-bond acceptors (Lipinski definition) is 5. The summed E-state index contributed by atoms with van der Waals surface area (Å²) >= 11 is 1.62. The summed E-state index contributed by atoms with van der Waals surface area (Å²) in [5.41, 5.74) is 0. The van der Waals surface area contributed by atoms with Crippen LogP contribution in [0.3, 0.4) is 0 Å². The Labute approximate surface area is 93.9 Å². The van der Waals surface area contributed by atoms with Crippen molar-refractivity contribution in [3.8, 4) is 6.07 Å². The van der Waals surface area contributed by atoms with E-state index in [0.29, 0.717) is 0 Å². The standard InChI is InChI=1S/C9H15N5S/c1-3-11-8(6-10)4-5-15-9-13-12-7-14(9)2/h7-8,11H,3-5H2,1-2H3. The molecule has 5 nitrogen and oxygen atoms in total. The van der Waals surface area contributed by atoms with E-state index in [1.165, 1.54) is 0 Å². The van der Waals surface area contributed by atoms with E-state index >= 15 is 0 Å². The molecule has 1 rings (SSSR count). The van der Waals surface area contributed by atoms with Gasteiger partial charge in [0.2, 0.25) is 0 Å². The van der Waals surface area contributed by atoms with Gasteiger partial charge in [-0.3, -0.25) is 0 Å². The zero-order valence-corrected chi connectivity index (χ0v) is 9.79. The molecule has 0 amide bonds. The molecule has 0 saturated carbocycles. The maximum Gasteiger partial charge on any atom is 0.190 e. The fourth-order valence-electron chi connectivity index (χ4n) is 1.13. The van der Waals surface area contributed by atoms with Crippen LogP contribution in [0.2, 0.25) is 0 Å². The van der Waals surface area contributed by atoms with Gasteiger partial charge < -0.3 is 9.88 Å². The summed E-state index contributed by atoms with van der Waals surface area (Å²) in [5.74, 6) is 0.873. The SMILES string of the molecule is CCNC(C#N)CCSc1nncn1C. The maximum absolute atomic E-state index is 8.81. The molecule has 82 valence electrons. The Morgan fingerprint density at radius 2 is 2.53 bits per heavy atom. The Bertz CT molecular complexity index is 329. The number of nitrogens with zero attached hydrogens (tertiary/aromatic N) is 4. The fraction of sp³-hybridized carbons (Fsp3) is 0.667. The minimum atomic E-state index is -0.0595. The second-order valence-corrected chi connectivity index (χ2v) is 4.16. The van der Waals surface area contributed by atoms with Gasteiger partial charge in [0.05, 0.1) is 12.1 Å².